The fourth-order valence-electron chi connectivity index (χ4n) is 1.06. The molecule has 0 bridgehead atoms. The zero-order chi connectivity index (χ0) is 11.1. The average Bonchev–Trinajstić information content (AvgIpc) is 2.18. The molecule has 1 rings (SSSR count). The van der Waals surface area contributed by atoms with Gasteiger partial charge < -0.3 is 0 Å². The third-order valence-corrected chi connectivity index (χ3v) is 2.94. The third-order valence-electron chi connectivity index (χ3n) is 1.73. The predicted octanol–water partition coefficient (Wildman–Crippen LogP) is 1.89. The third kappa shape index (κ3) is 4.90. The van der Waals surface area contributed by atoms with E-state index >= 15 is 0 Å². The maximum absolute atomic E-state index is 11.7. The van der Waals surface area contributed by atoms with E-state index in [2.05, 4.69) is 4.18 Å². The van der Waals surface area contributed by atoms with Gasteiger partial charge in [-0.15, -0.1) is 0 Å². The van der Waals surface area contributed by atoms with Gasteiger partial charge in [0.1, 0.15) is 5.75 Å². The molecular weight excluding hydrogens is 219 g/mol. The molecule has 0 spiro atoms. The molecule has 0 aromatic heterocycles. The van der Waals surface area contributed by atoms with Gasteiger partial charge in [-0.05, 0) is 5.56 Å². The molecule has 0 heterocycles. The Kier molecular flexibility index (Phi) is 4.71. The fraction of sp³-hybridized carbons (Fsp3) is 0.400. The predicted molar refractivity (Wildman–Crippen MR) is 55.6 cm³/mol. The number of halogens is 1. The van der Waals surface area contributed by atoms with E-state index in [1.807, 2.05) is 0 Å². The SMILES string of the molecule is O=S(=O)(Cc1ccccc1)OCCCF. The first-order valence-corrected chi connectivity index (χ1v) is 6.19. The van der Waals surface area contributed by atoms with Gasteiger partial charge in [0.25, 0.3) is 10.1 Å². The molecule has 84 valence electrons. The number of rotatable bonds is 6. The Hall–Kier alpha value is -0.940. The normalized spacial score (nSPS) is 11.5. The van der Waals surface area contributed by atoms with Gasteiger partial charge in [0.2, 0.25) is 0 Å². The number of hydrogen-bond acceptors (Lipinski definition) is 3. The van der Waals surface area contributed by atoms with Gasteiger partial charge in [-0.1, -0.05) is 30.3 Å². The molecule has 3 nitrogen and oxygen atoms in total. The van der Waals surface area contributed by atoms with Crippen molar-refractivity contribution in [2.24, 2.45) is 0 Å². The molecular formula is C10H13FO3S. The van der Waals surface area contributed by atoms with Gasteiger partial charge in [0, 0.05) is 6.42 Å². The number of benzene rings is 1. The number of alkyl halides is 1. The van der Waals surface area contributed by atoms with Crippen LogP contribution in [0.4, 0.5) is 4.39 Å². The molecule has 0 aliphatic carbocycles. The van der Waals surface area contributed by atoms with Gasteiger partial charge in [-0.3, -0.25) is 8.57 Å². The molecule has 0 saturated carbocycles. The topological polar surface area (TPSA) is 43.4 Å². The Morgan fingerprint density at radius 3 is 2.47 bits per heavy atom. The van der Waals surface area contributed by atoms with Crippen LogP contribution in [0.25, 0.3) is 0 Å². The molecule has 0 fully saturated rings. The van der Waals surface area contributed by atoms with Crippen LogP contribution in [0.15, 0.2) is 30.3 Å². The van der Waals surface area contributed by atoms with Crippen LogP contribution in [-0.2, 0) is 20.1 Å². The van der Waals surface area contributed by atoms with E-state index in [-0.39, 0.29) is 18.8 Å². The van der Waals surface area contributed by atoms with E-state index in [1.54, 1.807) is 30.3 Å². The highest BCUT2D eigenvalue weighted by atomic mass is 32.2. The van der Waals surface area contributed by atoms with E-state index in [0.717, 1.165) is 0 Å². The summed E-state index contributed by atoms with van der Waals surface area (Å²) in [4.78, 5) is 0. The Balaban J connectivity index is 2.50. The molecule has 0 aliphatic heterocycles. The molecule has 0 saturated heterocycles. The molecule has 1 aromatic rings. The van der Waals surface area contributed by atoms with Gasteiger partial charge >= 0.3 is 0 Å². The van der Waals surface area contributed by atoms with Gasteiger partial charge in [-0.25, -0.2) is 0 Å². The summed E-state index contributed by atoms with van der Waals surface area (Å²) in [5.41, 5.74) is 0.665. The summed E-state index contributed by atoms with van der Waals surface area (Å²) in [5, 5.41) is 0. The minimum atomic E-state index is -3.57. The van der Waals surface area contributed by atoms with E-state index in [1.165, 1.54) is 0 Å². The zero-order valence-electron chi connectivity index (χ0n) is 8.23. The molecule has 0 N–H and O–H groups in total. The summed E-state index contributed by atoms with van der Waals surface area (Å²) < 4.78 is 39.0. The highest BCUT2D eigenvalue weighted by molar-refractivity contribution is 7.85. The molecule has 15 heavy (non-hydrogen) atoms. The summed E-state index contributed by atoms with van der Waals surface area (Å²) in [7, 11) is -3.57. The lowest BCUT2D eigenvalue weighted by Gasteiger charge is -2.04. The molecule has 1 aromatic carbocycles. The van der Waals surface area contributed by atoms with Crippen molar-refractivity contribution in [2.45, 2.75) is 12.2 Å². The first kappa shape index (κ1) is 12.1. The van der Waals surface area contributed by atoms with Gasteiger partial charge in [-0.2, -0.15) is 8.42 Å². The van der Waals surface area contributed by atoms with Crippen molar-refractivity contribution in [3.8, 4) is 0 Å². The summed E-state index contributed by atoms with van der Waals surface area (Å²) >= 11 is 0. The van der Waals surface area contributed by atoms with Crippen molar-refractivity contribution >= 4 is 10.1 Å². The van der Waals surface area contributed by atoms with E-state index in [4.69, 9.17) is 0 Å². The highest BCUT2D eigenvalue weighted by Crippen LogP contribution is 2.07. The van der Waals surface area contributed by atoms with Crippen LogP contribution >= 0.6 is 0 Å². The second kappa shape index (κ2) is 5.82. The lowest BCUT2D eigenvalue weighted by atomic mass is 10.2. The van der Waals surface area contributed by atoms with Crippen molar-refractivity contribution in [1.82, 2.24) is 0 Å². The Morgan fingerprint density at radius 2 is 1.87 bits per heavy atom. The summed E-state index contributed by atoms with van der Waals surface area (Å²) in [6.45, 7) is -0.660. The maximum atomic E-state index is 11.7. The van der Waals surface area contributed by atoms with E-state index < -0.39 is 16.8 Å². The van der Waals surface area contributed by atoms with Crippen LogP contribution < -0.4 is 0 Å². The second-order valence-electron chi connectivity index (χ2n) is 3.05. The lowest BCUT2D eigenvalue weighted by molar-refractivity contribution is 0.292. The standard InChI is InChI=1S/C10H13FO3S/c11-7-4-8-14-15(12,13)9-10-5-2-1-3-6-10/h1-3,5-6H,4,7-9H2. The molecule has 0 unspecified atom stereocenters. The van der Waals surface area contributed by atoms with E-state index in [9.17, 15) is 12.8 Å². The second-order valence-corrected chi connectivity index (χ2v) is 4.69. The van der Waals surface area contributed by atoms with Gasteiger partial charge in [0.05, 0.1) is 13.3 Å². The minimum absolute atomic E-state index is 0.0916. The fourth-order valence-corrected chi connectivity index (χ4v) is 2.12. The monoisotopic (exact) mass is 232 g/mol. The van der Waals surface area contributed by atoms with Crippen molar-refractivity contribution in [2.75, 3.05) is 13.3 Å². The first-order chi connectivity index (χ1) is 7.14. The van der Waals surface area contributed by atoms with Crippen LogP contribution in [0.1, 0.15) is 12.0 Å². The van der Waals surface area contributed by atoms with Gasteiger partial charge in [0.15, 0.2) is 0 Å². The molecule has 0 aliphatic rings. The summed E-state index contributed by atoms with van der Waals surface area (Å²) in [6.07, 6.45) is 0.105. The van der Waals surface area contributed by atoms with Crippen LogP contribution in [0.2, 0.25) is 0 Å². The maximum Gasteiger partial charge on any atom is 0.271 e. The first-order valence-electron chi connectivity index (χ1n) is 4.61. The summed E-state index contributed by atoms with van der Waals surface area (Å²) in [6, 6.07) is 8.73. The Bertz CT molecular complexity index is 375. The molecule has 5 heteroatoms. The van der Waals surface area contributed by atoms with Crippen molar-refractivity contribution in [1.29, 1.82) is 0 Å². The number of hydrogen-bond donors (Lipinski definition) is 0. The zero-order valence-corrected chi connectivity index (χ0v) is 9.04. The highest BCUT2D eigenvalue weighted by Gasteiger charge is 2.11. The van der Waals surface area contributed by atoms with Crippen LogP contribution in [0.3, 0.4) is 0 Å². The Morgan fingerprint density at radius 1 is 1.20 bits per heavy atom. The average molecular weight is 232 g/mol. The Labute approximate surface area is 89.0 Å². The van der Waals surface area contributed by atoms with Crippen LogP contribution in [0, 0.1) is 0 Å². The largest absolute Gasteiger partial charge is 0.271 e. The van der Waals surface area contributed by atoms with Crippen molar-refractivity contribution < 1.29 is 17.0 Å². The smallest absolute Gasteiger partial charge is 0.270 e. The van der Waals surface area contributed by atoms with Crippen molar-refractivity contribution in [3.63, 3.8) is 0 Å². The van der Waals surface area contributed by atoms with Crippen LogP contribution in [0.5, 0.6) is 0 Å². The molecule has 0 atom stereocenters. The van der Waals surface area contributed by atoms with Crippen molar-refractivity contribution in [3.05, 3.63) is 35.9 Å². The molecule has 0 radical (unpaired) electrons. The molecule has 0 amide bonds. The summed E-state index contributed by atoms with van der Waals surface area (Å²) in [5.74, 6) is -0.167. The quantitative estimate of drug-likeness (QED) is 0.555. The van der Waals surface area contributed by atoms with E-state index in [0.29, 0.717) is 5.56 Å². The minimum Gasteiger partial charge on any atom is -0.270 e. The van der Waals surface area contributed by atoms with Crippen LogP contribution in [-0.4, -0.2) is 21.7 Å². The lowest BCUT2D eigenvalue weighted by Crippen LogP contribution is -2.10.